The first kappa shape index (κ1) is 11.6. The van der Waals surface area contributed by atoms with Crippen LogP contribution >= 0.6 is 0 Å². The third kappa shape index (κ3) is 12.3. The van der Waals surface area contributed by atoms with Crippen LogP contribution in [0.4, 0.5) is 0 Å². The Morgan fingerprint density at radius 1 is 1.08 bits per heavy atom. The molecule has 1 aliphatic carbocycles. The molecule has 0 atom stereocenters. The van der Waals surface area contributed by atoms with Gasteiger partial charge in [0.2, 0.25) is 0 Å². The van der Waals surface area contributed by atoms with Gasteiger partial charge in [0.05, 0.1) is 5.60 Å². The Bertz CT molecular complexity index is 119. The Hall–Kier alpha value is -0.370. The predicted molar refractivity (Wildman–Crippen MR) is 50.1 cm³/mol. The van der Waals surface area contributed by atoms with Crippen LogP contribution in [0.15, 0.2) is 0 Å². The van der Waals surface area contributed by atoms with E-state index in [2.05, 4.69) is 0 Å². The van der Waals surface area contributed by atoms with Gasteiger partial charge >= 0.3 is 0 Å². The minimum absolute atomic E-state index is 0.464. The second-order valence-corrected chi connectivity index (χ2v) is 4.27. The Balaban J connectivity index is 0.000000217. The molecule has 0 heterocycles. The van der Waals surface area contributed by atoms with Gasteiger partial charge in [0, 0.05) is 12.8 Å². The SMILES string of the molecule is CC(C)(C)O.O=C1CCCCC1. The van der Waals surface area contributed by atoms with Gasteiger partial charge in [-0.25, -0.2) is 0 Å². The predicted octanol–water partition coefficient (Wildman–Crippen LogP) is 2.30. The normalized spacial score (nSPS) is 18.2. The molecule has 1 aliphatic rings. The van der Waals surface area contributed by atoms with E-state index in [1.54, 1.807) is 20.8 Å². The van der Waals surface area contributed by atoms with Crippen molar-refractivity contribution in [3.05, 3.63) is 0 Å². The molecule has 0 amide bonds. The Morgan fingerprint density at radius 2 is 1.42 bits per heavy atom. The molecule has 0 unspecified atom stereocenters. The second-order valence-electron chi connectivity index (χ2n) is 4.27. The molecule has 0 aliphatic heterocycles. The maximum absolute atomic E-state index is 10.5. The fraction of sp³-hybridized carbons (Fsp3) is 0.900. The summed E-state index contributed by atoms with van der Waals surface area (Å²) < 4.78 is 0. The van der Waals surface area contributed by atoms with Gasteiger partial charge in [0.15, 0.2) is 0 Å². The van der Waals surface area contributed by atoms with E-state index in [0.717, 1.165) is 25.7 Å². The van der Waals surface area contributed by atoms with Gasteiger partial charge in [-0.1, -0.05) is 6.42 Å². The molecule has 1 fully saturated rings. The molecule has 12 heavy (non-hydrogen) atoms. The van der Waals surface area contributed by atoms with Gasteiger partial charge in [-0.3, -0.25) is 4.79 Å². The number of hydrogen-bond donors (Lipinski definition) is 1. The van der Waals surface area contributed by atoms with Gasteiger partial charge in [-0.2, -0.15) is 0 Å². The van der Waals surface area contributed by atoms with Crippen molar-refractivity contribution < 1.29 is 9.90 Å². The van der Waals surface area contributed by atoms with Crippen molar-refractivity contribution in [2.24, 2.45) is 0 Å². The molecule has 0 radical (unpaired) electrons. The third-order valence-electron chi connectivity index (χ3n) is 1.41. The standard InChI is InChI=1S/C6H10O.C4H10O/c7-6-4-2-1-3-5-6;1-4(2,3)5/h1-5H2;5H,1-3H3. The molecule has 2 nitrogen and oxygen atoms in total. The van der Waals surface area contributed by atoms with Crippen LogP contribution in [0.5, 0.6) is 0 Å². The van der Waals surface area contributed by atoms with Crippen molar-refractivity contribution >= 4 is 5.78 Å². The average molecular weight is 172 g/mol. The zero-order valence-corrected chi connectivity index (χ0v) is 8.39. The van der Waals surface area contributed by atoms with Gasteiger partial charge in [0.1, 0.15) is 5.78 Å². The van der Waals surface area contributed by atoms with E-state index in [4.69, 9.17) is 5.11 Å². The van der Waals surface area contributed by atoms with Crippen LogP contribution in [-0.2, 0) is 4.79 Å². The van der Waals surface area contributed by atoms with E-state index in [9.17, 15) is 4.79 Å². The maximum Gasteiger partial charge on any atom is 0.132 e. The molecule has 1 rings (SSSR count). The van der Waals surface area contributed by atoms with E-state index in [1.165, 1.54) is 6.42 Å². The highest BCUT2D eigenvalue weighted by atomic mass is 16.3. The number of hydrogen-bond acceptors (Lipinski definition) is 2. The minimum Gasteiger partial charge on any atom is -0.391 e. The van der Waals surface area contributed by atoms with Crippen LogP contribution in [0.3, 0.4) is 0 Å². The molecule has 2 heteroatoms. The van der Waals surface area contributed by atoms with E-state index in [-0.39, 0.29) is 0 Å². The summed E-state index contributed by atoms with van der Waals surface area (Å²) in [5, 5.41) is 8.52. The molecule has 1 saturated carbocycles. The lowest BCUT2D eigenvalue weighted by Gasteiger charge is -2.05. The van der Waals surface area contributed by atoms with Crippen molar-refractivity contribution in [1.29, 1.82) is 0 Å². The third-order valence-corrected chi connectivity index (χ3v) is 1.41. The van der Waals surface area contributed by atoms with Crippen LogP contribution in [0, 0.1) is 0 Å². The maximum atomic E-state index is 10.5. The quantitative estimate of drug-likeness (QED) is 0.608. The molecule has 0 aromatic rings. The Kier molecular flexibility index (Phi) is 5.14. The topological polar surface area (TPSA) is 37.3 Å². The number of aliphatic hydroxyl groups is 1. The van der Waals surface area contributed by atoms with Crippen LogP contribution in [-0.4, -0.2) is 16.5 Å². The lowest BCUT2D eigenvalue weighted by Crippen LogP contribution is -2.10. The highest BCUT2D eigenvalue weighted by molar-refractivity contribution is 5.78. The summed E-state index contributed by atoms with van der Waals surface area (Å²) in [7, 11) is 0. The fourth-order valence-electron chi connectivity index (χ4n) is 0.946. The smallest absolute Gasteiger partial charge is 0.132 e. The summed E-state index contributed by atoms with van der Waals surface area (Å²) in [5.41, 5.74) is -0.500. The molecule has 0 saturated heterocycles. The molecule has 0 spiro atoms. The minimum atomic E-state index is -0.500. The first-order valence-corrected chi connectivity index (χ1v) is 4.63. The molecular formula is C10H20O2. The molecular weight excluding hydrogens is 152 g/mol. The molecule has 0 aromatic carbocycles. The Labute approximate surface area is 75.0 Å². The van der Waals surface area contributed by atoms with E-state index in [1.807, 2.05) is 0 Å². The summed E-state index contributed by atoms with van der Waals surface area (Å²) in [5.74, 6) is 0.464. The van der Waals surface area contributed by atoms with Crippen LogP contribution in [0.1, 0.15) is 52.9 Å². The summed E-state index contributed by atoms with van der Waals surface area (Å²) in [4.78, 5) is 10.5. The number of carbonyl (C=O) groups is 1. The van der Waals surface area contributed by atoms with E-state index in [0.29, 0.717) is 5.78 Å². The lowest BCUT2D eigenvalue weighted by atomic mass is 10.00. The van der Waals surface area contributed by atoms with Crippen LogP contribution in [0.2, 0.25) is 0 Å². The number of Topliss-reactive ketones (excluding diaryl/α,β-unsaturated/α-hetero) is 1. The molecule has 0 bridgehead atoms. The van der Waals surface area contributed by atoms with E-state index < -0.39 is 5.60 Å². The van der Waals surface area contributed by atoms with E-state index >= 15 is 0 Å². The number of rotatable bonds is 0. The monoisotopic (exact) mass is 172 g/mol. The summed E-state index contributed by atoms with van der Waals surface area (Å²) >= 11 is 0. The summed E-state index contributed by atoms with van der Waals surface area (Å²) in [6.07, 6.45) is 5.24. The number of carbonyl (C=O) groups excluding carboxylic acids is 1. The van der Waals surface area contributed by atoms with Crippen molar-refractivity contribution in [1.82, 2.24) is 0 Å². The first-order valence-electron chi connectivity index (χ1n) is 4.63. The lowest BCUT2D eigenvalue weighted by molar-refractivity contribution is -0.120. The van der Waals surface area contributed by atoms with Gasteiger partial charge in [-0.05, 0) is 33.6 Å². The van der Waals surface area contributed by atoms with Crippen molar-refractivity contribution in [2.75, 3.05) is 0 Å². The second kappa shape index (κ2) is 5.31. The summed E-state index contributed by atoms with van der Waals surface area (Å²) in [6, 6.07) is 0. The highest BCUT2D eigenvalue weighted by Gasteiger charge is 2.05. The largest absolute Gasteiger partial charge is 0.391 e. The molecule has 0 aromatic heterocycles. The summed E-state index contributed by atoms with van der Waals surface area (Å²) in [6.45, 7) is 5.23. The van der Waals surface area contributed by atoms with Gasteiger partial charge in [-0.15, -0.1) is 0 Å². The zero-order valence-electron chi connectivity index (χ0n) is 8.39. The van der Waals surface area contributed by atoms with Crippen molar-refractivity contribution in [3.8, 4) is 0 Å². The van der Waals surface area contributed by atoms with Crippen LogP contribution < -0.4 is 0 Å². The fourth-order valence-corrected chi connectivity index (χ4v) is 0.946. The van der Waals surface area contributed by atoms with Crippen molar-refractivity contribution in [3.63, 3.8) is 0 Å². The Morgan fingerprint density at radius 3 is 1.58 bits per heavy atom. The van der Waals surface area contributed by atoms with Crippen molar-refractivity contribution in [2.45, 2.75) is 58.5 Å². The first-order chi connectivity index (χ1) is 5.39. The molecule has 1 N–H and O–H groups in total. The number of ketones is 1. The van der Waals surface area contributed by atoms with Crippen LogP contribution in [0.25, 0.3) is 0 Å². The highest BCUT2D eigenvalue weighted by Crippen LogP contribution is 2.12. The molecule has 72 valence electrons. The van der Waals surface area contributed by atoms with Gasteiger partial charge < -0.3 is 5.11 Å². The van der Waals surface area contributed by atoms with Gasteiger partial charge in [0.25, 0.3) is 0 Å². The average Bonchev–Trinajstić information content (AvgIpc) is 1.85. The zero-order chi connectivity index (χ0) is 9.61.